The standard InChI is InChI=1S/C25H42N2O19/c1-8(31)26-10(4-28)16(36)21(13(35)6-30)45-23-20(40)19(39)18(38)14(44-23)7-43-25(24(41)42)3-11(33)15(27-9(2)32)22(46-25)17(37)12(34)5-29/h4,10-23,29-30,33-40H,3,5-7H2,1-2H3,(H,26,31)(H,27,32)(H,41,42)/t10-,11-,12+,13+,14+,15+,16+,17+,18+,19-,20-,21+,22+,23-,25+/m0/s1. The number of ether oxygens (including phenoxy) is 4. The molecule has 0 bridgehead atoms. The van der Waals surface area contributed by atoms with Crippen molar-refractivity contribution in [3.8, 4) is 0 Å². The van der Waals surface area contributed by atoms with Crippen LogP contribution in [0.3, 0.4) is 0 Å². The Morgan fingerprint density at radius 2 is 1.57 bits per heavy atom. The number of carbonyl (C=O) groups is 4. The van der Waals surface area contributed by atoms with E-state index in [-0.39, 0.29) is 6.29 Å². The van der Waals surface area contributed by atoms with Crippen LogP contribution in [0.15, 0.2) is 0 Å². The Morgan fingerprint density at radius 1 is 0.957 bits per heavy atom. The number of aldehydes is 1. The zero-order chi connectivity index (χ0) is 35.1. The van der Waals surface area contributed by atoms with E-state index in [1.54, 1.807) is 0 Å². The molecule has 0 unspecified atom stereocenters. The maximum Gasteiger partial charge on any atom is 0.364 e. The van der Waals surface area contributed by atoms with Crippen LogP contribution < -0.4 is 10.6 Å². The summed E-state index contributed by atoms with van der Waals surface area (Å²) in [5, 5.41) is 117. The van der Waals surface area contributed by atoms with Gasteiger partial charge in [0.1, 0.15) is 73.4 Å². The highest BCUT2D eigenvalue weighted by molar-refractivity contribution is 5.77. The third-order valence-electron chi connectivity index (χ3n) is 7.41. The van der Waals surface area contributed by atoms with Crippen molar-refractivity contribution in [1.82, 2.24) is 10.6 Å². The van der Waals surface area contributed by atoms with Gasteiger partial charge in [0.25, 0.3) is 5.79 Å². The molecule has 2 heterocycles. The summed E-state index contributed by atoms with van der Waals surface area (Å²) in [6.07, 6.45) is -24.7. The molecule has 46 heavy (non-hydrogen) atoms. The van der Waals surface area contributed by atoms with Crippen molar-refractivity contribution in [3.05, 3.63) is 0 Å². The summed E-state index contributed by atoms with van der Waals surface area (Å²) >= 11 is 0. The molecule has 0 aromatic rings. The summed E-state index contributed by atoms with van der Waals surface area (Å²) in [7, 11) is 0. The Labute approximate surface area is 260 Å². The molecule has 0 radical (unpaired) electrons. The van der Waals surface area contributed by atoms with Gasteiger partial charge >= 0.3 is 5.97 Å². The van der Waals surface area contributed by atoms with Crippen molar-refractivity contribution in [2.75, 3.05) is 19.8 Å². The van der Waals surface area contributed by atoms with Gasteiger partial charge in [0.05, 0.1) is 32.0 Å². The second-order valence-corrected chi connectivity index (χ2v) is 10.9. The smallest absolute Gasteiger partial charge is 0.364 e. The fourth-order valence-electron chi connectivity index (χ4n) is 4.96. The number of carboxylic acids is 1. The molecule has 0 aromatic carbocycles. The van der Waals surface area contributed by atoms with E-state index in [4.69, 9.17) is 18.9 Å². The number of aliphatic hydroxyl groups excluding tert-OH is 10. The fraction of sp³-hybridized carbons (Fsp3) is 0.840. The molecule has 2 saturated heterocycles. The number of hydrogen-bond donors (Lipinski definition) is 13. The molecule has 21 heteroatoms. The van der Waals surface area contributed by atoms with E-state index in [2.05, 4.69) is 10.6 Å². The molecule has 266 valence electrons. The van der Waals surface area contributed by atoms with Gasteiger partial charge in [0.2, 0.25) is 11.8 Å². The van der Waals surface area contributed by atoms with Crippen LogP contribution in [0.25, 0.3) is 0 Å². The third-order valence-corrected chi connectivity index (χ3v) is 7.41. The van der Waals surface area contributed by atoms with Gasteiger partial charge in [0.15, 0.2) is 6.29 Å². The molecule has 15 atom stereocenters. The predicted molar refractivity (Wildman–Crippen MR) is 143 cm³/mol. The third kappa shape index (κ3) is 9.32. The van der Waals surface area contributed by atoms with Crippen LogP contribution in [0.1, 0.15) is 20.3 Å². The largest absolute Gasteiger partial charge is 0.477 e. The number of nitrogens with one attached hydrogen (secondary N) is 2. The number of amides is 2. The minimum Gasteiger partial charge on any atom is -0.477 e. The van der Waals surface area contributed by atoms with Gasteiger partial charge in [0, 0.05) is 20.3 Å². The Balaban J connectivity index is 2.35. The lowest BCUT2D eigenvalue weighted by molar-refractivity contribution is -0.348. The number of carbonyl (C=O) groups excluding carboxylic acids is 3. The summed E-state index contributed by atoms with van der Waals surface area (Å²) < 4.78 is 21.6. The number of carboxylic acid groups (broad SMARTS) is 1. The van der Waals surface area contributed by atoms with E-state index >= 15 is 0 Å². The first kappa shape index (κ1) is 39.7. The maximum atomic E-state index is 12.4. The molecule has 2 rings (SSSR count). The molecule has 2 fully saturated rings. The highest BCUT2D eigenvalue weighted by Crippen LogP contribution is 2.35. The van der Waals surface area contributed by atoms with Crippen molar-refractivity contribution < 1.29 is 94.3 Å². The molecule has 0 saturated carbocycles. The van der Waals surface area contributed by atoms with E-state index < -0.39 is 135 Å². The number of rotatable bonds is 16. The molecule has 0 aromatic heterocycles. The summed E-state index contributed by atoms with van der Waals surface area (Å²) in [6.45, 7) is -1.09. The van der Waals surface area contributed by atoms with E-state index in [0.717, 1.165) is 13.8 Å². The van der Waals surface area contributed by atoms with Crippen LogP contribution in [-0.4, -0.2) is 191 Å². The molecule has 2 amide bonds. The normalized spacial score (nSPS) is 35.6. The summed E-state index contributed by atoms with van der Waals surface area (Å²) in [6, 6.07) is -3.21. The Hall–Kier alpha value is -2.48. The average molecular weight is 675 g/mol. The molecular formula is C25H42N2O19. The van der Waals surface area contributed by atoms with Gasteiger partial charge in [-0.3, -0.25) is 9.59 Å². The second kappa shape index (κ2) is 17.1. The zero-order valence-corrected chi connectivity index (χ0v) is 24.7. The summed E-state index contributed by atoms with van der Waals surface area (Å²) in [5.41, 5.74) is 0. The van der Waals surface area contributed by atoms with E-state index in [9.17, 15) is 75.3 Å². The monoisotopic (exact) mass is 674 g/mol. The molecule has 21 nitrogen and oxygen atoms in total. The van der Waals surface area contributed by atoms with Crippen molar-refractivity contribution in [2.45, 2.75) is 112 Å². The first-order chi connectivity index (χ1) is 21.4. The van der Waals surface area contributed by atoms with Crippen molar-refractivity contribution in [3.63, 3.8) is 0 Å². The Morgan fingerprint density at radius 3 is 2.07 bits per heavy atom. The van der Waals surface area contributed by atoms with Gasteiger partial charge in [-0.05, 0) is 0 Å². The van der Waals surface area contributed by atoms with Crippen LogP contribution in [0.4, 0.5) is 0 Å². The van der Waals surface area contributed by atoms with Gasteiger partial charge in [-0.15, -0.1) is 0 Å². The molecule has 0 spiro atoms. The first-order valence-corrected chi connectivity index (χ1v) is 14.0. The predicted octanol–water partition coefficient (Wildman–Crippen LogP) is -8.24. The van der Waals surface area contributed by atoms with Crippen LogP contribution >= 0.6 is 0 Å². The van der Waals surface area contributed by atoms with Crippen molar-refractivity contribution in [1.29, 1.82) is 0 Å². The van der Waals surface area contributed by atoms with Gasteiger partial charge in [-0.25, -0.2) is 4.79 Å². The summed E-state index contributed by atoms with van der Waals surface area (Å²) in [5.74, 6) is -6.30. The number of aliphatic hydroxyl groups is 10. The van der Waals surface area contributed by atoms with Gasteiger partial charge in [-0.2, -0.15) is 0 Å². The zero-order valence-electron chi connectivity index (χ0n) is 24.7. The number of hydrogen-bond acceptors (Lipinski definition) is 18. The average Bonchev–Trinajstić information content (AvgIpc) is 3.00. The topological polar surface area (TPSA) is 352 Å². The fourth-order valence-corrected chi connectivity index (χ4v) is 4.96. The molecule has 13 N–H and O–H groups in total. The maximum absolute atomic E-state index is 12.4. The van der Waals surface area contributed by atoms with E-state index in [1.165, 1.54) is 0 Å². The van der Waals surface area contributed by atoms with Crippen molar-refractivity contribution in [2.24, 2.45) is 0 Å². The minimum absolute atomic E-state index is 0.0874. The highest BCUT2D eigenvalue weighted by atomic mass is 16.7. The van der Waals surface area contributed by atoms with Crippen LogP contribution in [0.2, 0.25) is 0 Å². The lowest BCUT2D eigenvalue weighted by Crippen LogP contribution is -2.68. The SMILES string of the molecule is CC(=O)N[C@H]1[C@H]([C@H](O)[C@H](O)CO)O[C@@](OC[C@H]2O[C@@H](O[C@@H]([C@H](O)[C@H](C=O)NC(C)=O)[C@H](O)CO)[C@@H](O)[C@@H](O)[C@@H]2O)(C(=O)O)C[C@@H]1O. The Bertz CT molecular complexity index is 1040. The summed E-state index contributed by atoms with van der Waals surface area (Å²) in [4.78, 5) is 47.0. The quantitative estimate of drug-likeness (QED) is 0.0676. The second-order valence-electron chi connectivity index (χ2n) is 10.9. The molecular weight excluding hydrogens is 632 g/mol. The lowest BCUT2D eigenvalue weighted by atomic mass is 9.88. The van der Waals surface area contributed by atoms with Gasteiger partial charge in [-0.1, -0.05) is 0 Å². The van der Waals surface area contributed by atoms with Crippen molar-refractivity contribution >= 4 is 24.1 Å². The van der Waals surface area contributed by atoms with Crippen LogP contribution in [-0.2, 0) is 38.1 Å². The molecule has 0 aliphatic carbocycles. The minimum atomic E-state index is -2.88. The van der Waals surface area contributed by atoms with E-state index in [1.807, 2.05) is 0 Å². The van der Waals surface area contributed by atoms with Gasteiger partial charge < -0.3 is 90.5 Å². The van der Waals surface area contributed by atoms with Crippen LogP contribution in [0.5, 0.6) is 0 Å². The first-order valence-electron chi connectivity index (χ1n) is 14.0. The number of aliphatic carboxylic acids is 1. The van der Waals surface area contributed by atoms with E-state index in [0.29, 0.717) is 0 Å². The van der Waals surface area contributed by atoms with Crippen LogP contribution in [0, 0.1) is 0 Å². The molecule has 2 aliphatic heterocycles. The Kier molecular flexibility index (Phi) is 14.7. The highest BCUT2D eigenvalue weighted by Gasteiger charge is 2.57. The lowest BCUT2D eigenvalue weighted by Gasteiger charge is -2.47. The molecule has 2 aliphatic rings.